The van der Waals surface area contributed by atoms with Gasteiger partial charge < -0.3 is 14.8 Å². The molecule has 5 nitrogen and oxygen atoms in total. The second-order valence-corrected chi connectivity index (χ2v) is 9.18. The molecule has 0 unspecified atom stereocenters. The van der Waals surface area contributed by atoms with E-state index in [2.05, 4.69) is 50.0 Å². The maximum absolute atomic E-state index is 13.5. The third-order valence-corrected chi connectivity index (χ3v) is 6.07. The molecule has 4 rings (SSSR count). The van der Waals surface area contributed by atoms with Gasteiger partial charge in [0, 0.05) is 18.8 Å². The third kappa shape index (κ3) is 4.46. The number of anilines is 1. The summed E-state index contributed by atoms with van der Waals surface area (Å²) in [7, 11) is 0. The molecule has 30 heavy (non-hydrogen) atoms. The van der Waals surface area contributed by atoms with E-state index in [1.165, 1.54) is 12.0 Å². The number of fused-ring (bicyclic) bond motifs is 1. The number of nitrogens with zero attached hydrogens (tertiary/aromatic N) is 1. The molecular weight excluding hydrogens is 376 g/mol. The van der Waals surface area contributed by atoms with E-state index >= 15 is 0 Å². The fraction of sp³-hybridized carbons (Fsp3) is 0.480. The minimum atomic E-state index is -0.366. The van der Waals surface area contributed by atoms with Gasteiger partial charge in [-0.25, -0.2) is 0 Å². The number of hydrogen-bond acceptors (Lipinski definition) is 4. The maximum Gasteiger partial charge on any atom is 0.246 e. The first-order valence-corrected chi connectivity index (χ1v) is 10.9. The van der Waals surface area contributed by atoms with Gasteiger partial charge in [0.1, 0.15) is 6.04 Å². The van der Waals surface area contributed by atoms with Crippen LogP contribution in [0.4, 0.5) is 5.69 Å². The summed E-state index contributed by atoms with van der Waals surface area (Å²) in [6.07, 6.45) is 1.20. The molecule has 0 radical (unpaired) electrons. The molecule has 2 aromatic carbocycles. The Labute approximate surface area is 179 Å². The summed E-state index contributed by atoms with van der Waals surface area (Å²) in [5, 5.41) is 3.15. The molecule has 2 aliphatic heterocycles. The summed E-state index contributed by atoms with van der Waals surface area (Å²) in [5.41, 5.74) is 3.03. The van der Waals surface area contributed by atoms with Gasteiger partial charge in [0.15, 0.2) is 11.5 Å². The van der Waals surface area contributed by atoms with Crippen LogP contribution in [0.1, 0.15) is 57.2 Å². The predicted octanol–water partition coefficient (Wildman–Crippen LogP) is 5.20. The number of amides is 1. The van der Waals surface area contributed by atoms with Crippen LogP contribution in [0.25, 0.3) is 0 Å². The first-order chi connectivity index (χ1) is 14.4. The minimum Gasteiger partial charge on any atom is -0.454 e. The summed E-state index contributed by atoms with van der Waals surface area (Å²) < 4.78 is 11.0. The van der Waals surface area contributed by atoms with E-state index in [0.717, 1.165) is 30.1 Å². The maximum atomic E-state index is 13.5. The molecule has 1 N–H and O–H groups in total. The zero-order valence-electron chi connectivity index (χ0n) is 18.4. The monoisotopic (exact) mass is 408 g/mol. The van der Waals surface area contributed by atoms with E-state index in [9.17, 15) is 4.79 Å². The summed E-state index contributed by atoms with van der Waals surface area (Å²) in [4.78, 5) is 15.8. The molecule has 0 spiro atoms. The van der Waals surface area contributed by atoms with Gasteiger partial charge in [-0.3, -0.25) is 9.69 Å². The highest BCUT2D eigenvalue weighted by molar-refractivity contribution is 5.95. The van der Waals surface area contributed by atoms with Gasteiger partial charge in [0.2, 0.25) is 12.7 Å². The molecule has 1 fully saturated rings. The molecule has 0 aromatic heterocycles. The van der Waals surface area contributed by atoms with E-state index in [4.69, 9.17) is 9.47 Å². The van der Waals surface area contributed by atoms with Crippen molar-refractivity contribution in [3.8, 4) is 11.5 Å². The summed E-state index contributed by atoms with van der Waals surface area (Å²) in [6.45, 7) is 10.9. The number of likely N-dealkylation sites (tertiary alicyclic amines) is 1. The van der Waals surface area contributed by atoms with E-state index in [1.54, 1.807) is 0 Å². The lowest BCUT2D eigenvalue weighted by atomic mass is 9.89. The number of benzene rings is 2. The molecule has 2 heterocycles. The fourth-order valence-electron chi connectivity index (χ4n) is 4.70. The lowest BCUT2D eigenvalue weighted by Crippen LogP contribution is -2.45. The lowest BCUT2D eigenvalue weighted by Gasteiger charge is -2.39. The average Bonchev–Trinajstić information content (AvgIpc) is 3.16. The summed E-state index contributed by atoms with van der Waals surface area (Å²) in [6, 6.07) is 13.6. The number of nitrogens with one attached hydrogen (secondary N) is 1. The molecule has 1 saturated heterocycles. The number of ether oxygens (including phenoxy) is 2. The Hall–Kier alpha value is -2.53. The Morgan fingerprint density at radius 2 is 1.60 bits per heavy atom. The lowest BCUT2D eigenvalue weighted by molar-refractivity contribution is -0.122. The normalized spacial score (nSPS) is 22.2. The van der Waals surface area contributed by atoms with Crippen molar-refractivity contribution in [3.63, 3.8) is 0 Å². The molecule has 3 atom stereocenters. The summed E-state index contributed by atoms with van der Waals surface area (Å²) >= 11 is 0. The fourth-order valence-corrected chi connectivity index (χ4v) is 4.70. The van der Waals surface area contributed by atoms with Crippen LogP contribution in [0, 0.1) is 11.8 Å². The van der Waals surface area contributed by atoms with Crippen LogP contribution >= 0.6 is 0 Å². The SMILES string of the molecule is CC(C)c1ccc(NC(=O)[C@@H](c2ccc3c(c2)OCO3)N2C[C@H](C)C[C@@H](C)C2)cc1. The first kappa shape index (κ1) is 20.7. The molecule has 1 amide bonds. The number of hydrogen-bond donors (Lipinski definition) is 1. The van der Waals surface area contributed by atoms with Crippen LogP contribution in [0.15, 0.2) is 42.5 Å². The quantitative estimate of drug-likeness (QED) is 0.739. The van der Waals surface area contributed by atoms with Crippen molar-refractivity contribution >= 4 is 11.6 Å². The Balaban J connectivity index is 1.61. The smallest absolute Gasteiger partial charge is 0.246 e. The number of rotatable bonds is 5. The molecule has 160 valence electrons. The zero-order chi connectivity index (χ0) is 21.3. The van der Waals surface area contributed by atoms with Crippen molar-refractivity contribution in [1.82, 2.24) is 4.90 Å². The van der Waals surface area contributed by atoms with Crippen molar-refractivity contribution in [2.45, 2.75) is 46.1 Å². The molecule has 0 aliphatic carbocycles. The number of carbonyl (C=O) groups is 1. The van der Waals surface area contributed by atoms with Crippen molar-refractivity contribution in [2.75, 3.05) is 25.2 Å². The van der Waals surface area contributed by atoms with Crippen LogP contribution in [0.3, 0.4) is 0 Å². The molecular formula is C25H32N2O3. The van der Waals surface area contributed by atoms with Crippen LogP contribution < -0.4 is 14.8 Å². The van der Waals surface area contributed by atoms with Gasteiger partial charge in [-0.1, -0.05) is 45.9 Å². The van der Waals surface area contributed by atoms with Gasteiger partial charge >= 0.3 is 0 Å². The highest BCUT2D eigenvalue weighted by Gasteiger charge is 2.34. The van der Waals surface area contributed by atoms with E-state index < -0.39 is 0 Å². The Morgan fingerprint density at radius 1 is 0.967 bits per heavy atom. The second-order valence-electron chi connectivity index (χ2n) is 9.18. The topological polar surface area (TPSA) is 50.8 Å². The van der Waals surface area contributed by atoms with Crippen LogP contribution in [0.5, 0.6) is 11.5 Å². The van der Waals surface area contributed by atoms with Crippen LogP contribution in [-0.2, 0) is 4.79 Å². The Kier molecular flexibility index (Phi) is 6.00. The standard InChI is InChI=1S/C25H32N2O3/c1-16(2)19-5-8-21(9-6-19)26-25(28)24(27-13-17(3)11-18(4)14-27)20-7-10-22-23(12-20)30-15-29-22/h5-10,12,16-18,24H,11,13-15H2,1-4H3,(H,26,28)/t17-,18-,24-/m1/s1. The van der Waals surface area contributed by atoms with E-state index in [1.807, 2.05) is 30.3 Å². The van der Waals surface area contributed by atoms with Gasteiger partial charge in [-0.05, 0) is 59.6 Å². The number of carbonyl (C=O) groups excluding carboxylic acids is 1. The van der Waals surface area contributed by atoms with Crippen molar-refractivity contribution in [2.24, 2.45) is 11.8 Å². The van der Waals surface area contributed by atoms with E-state index in [-0.39, 0.29) is 18.7 Å². The molecule has 2 aromatic rings. The zero-order valence-corrected chi connectivity index (χ0v) is 18.4. The minimum absolute atomic E-state index is 0.00698. The van der Waals surface area contributed by atoms with Gasteiger partial charge in [-0.2, -0.15) is 0 Å². The number of piperidine rings is 1. The third-order valence-electron chi connectivity index (χ3n) is 6.07. The van der Waals surface area contributed by atoms with E-state index in [0.29, 0.717) is 23.5 Å². The largest absolute Gasteiger partial charge is 0.454 e. The molecule has 0 saturated carbocycles. The first-order valence-electron chi connectivity index (χ1n) is 10.9. The van der Waals surface area contributed by atoms with Crippen molar-refractivity contribution in [3.05, 3.63) is 53.6 Å². The van der Waals surface area contributed by atoms with Gasteiger partial charge in [0.25, 0.3) is 0 Å². The summed E-state index contributed by atoms with van der Waals surface area (Å²) in [5.74, 6) is 3.03. The predicted molar refractivity (Wildman–Crippen MR) is 119 cm³/mol. The molecule has 5 heteroatoms. The van der Waals surface area contributed by atoms with Crippen molar-refractivity contribution in [1.29, 1.82) is 0 Å². The van der Waals surface area contributed by atoms with Gasteiger partial charge in [0.05, 0.1) is 0 Å². The second kappa shape index (κ2) is 8.68. The molecule has 2 aliphatic rings. The van der Waals surface area contributed by atoms with Crippen LogP contribution in [-0.4, -0.2) is 30.7 Å². The molecule has 0 bridgehead atoms. The van der Waals surface area contributed by atoms with Crippen molar-refractivity contribution < 1.29 is 14.3 Å². The van der Waals surface area contributed by atoms with Crippen LogP contribution in [0.2, 0.25) is 0 Å². The Morgan fingerprint density at radius 3 is 2.27 bits per heavy atom. The highest BCUT2D eigenvalue weighted by Crippen LogP contribution is 2.37. The average molecular weight is 409 g/mol. The highest BCUT2D eigenvalue weighted by atomic mass is 16.7. The van der Waals surface area contributed by atoms with Gasteiger partial charge in [-0.15, -0.1) is 0 Å². The Bertz CT molecular complexity index is 884.